The van der Waals surface area contributed by atoms with Gasteiger partial charge in [-0.1, -0.05) is 6.92 Å². The molecule has 0 bridgehead atoms. The van der Waals surface area contributed by atoms with Gasteiger partial charge in [-0.25, -0.2) is 4.98 Å². The Morgan fingerprint density at radius 3 is 3.14 bits per heavy atom. The topological polar surface area (TPSA) is 50.1 Å². The highest BCUT2D eigenvalue weighted by Gasteiger charge is 1.97. The molecule has 0 atom stereocenters. The highest BCUT2D eigenvalue weighted by Crippen LogP contribution is 1.98. The summed E-state index contributed by atoms with van der Waals surface area (Å²) in [6.07, 6.45) is 5.65. The average Bonchev–Trinajstić information content (AvgIpc) is 2.63. The SMILES string of the molecule is CCNCCc1cn(CCCO)cn1. The lowest BCUT2D eigenvalue weighted by Gasteiger charge is -1.99. The molecule has 14 heavy (non-hydrogen) atoms. The van der Waals surface area contributed by atoms with Crippen molar-refractivity contribution in [2.24, 2.45) is 0 Å². The fourth-order valence-electron chi connectivity index (χ4n) is 1.30. The van der Waals surface area contributed by atoms with Gasteiger partial charge in [0.1, 0.15) is 0 Å². The first kappa shape index (κ1) is 11.2. The van der Waals surface area contributed by atoms with Crippen LogP contribution in [0.15, 0.2) is 12.5 Å². The number of aliphatic hydroxyl groups excluding tert-OH is 1. The van der Waals surface area contributed by atoms with Gasteiger partial charge in [0.15, 0.2) is 0 Å². The maximum absolute atomic E-state index is 8.66. The molecular formula is C10H19N3O. The number of hydrogen-bond donors (Lipinski definition) is 2. The summed E-state index contributed by atoms with van der Waals surface area (Å²) in [4.78, 5) is 4.28. The first-order valence-corrected chi connectivity index (χ1v) is 5.19. The van der Waals surface area contributed by atoms with Gasteiger partial charge in [0, 0.05) is 32.3 Å². The fraction of sp³-hybridized carbons (Fsp3) is 0.700. The largest absolute Gasteiger partial charge is 0.396 e. The lowest BCUT2D eigenvalue weighted by molar-refractivity contribution is 0.279. The van der Waals surface area contributed by atoms with Gasteiger partial charge in [-0.3, -0.25) is 0 Å². The van der Waals surface area contributed by atoms with E-state index in [-0.39, 0.29) is 6.61 Å². The van der Waals surface area contributed by atoms with Gasteiger partial charge < -0.3 is 15.0 Å². The van der Waals surface area contributed by atoms with Crippen LogP contribution < -0.4 is 5.32 Å². The van der Waals surface area contributed by atoms with Crippen molar-refractivity contribution in [1.82, 2.24) is 14.9 Å². The standard InChI is InChI=1S/C10H19N3O/c1-2-11-5-4-10-8-13(9-12-10)6-3-7-14/h8-9,11,14H,2-7H2,1H3. The molecule has 1 rings (SSSR count). The quantitative estimate of drug-likeness (QED) is 0.623. The lowest BCUT2D eigenvalue weighted by Crippen LogP contribution is -2.16. The second-order valence-corrected chi connectivity index (χ2v) is 3.28. The van der Waals surface area contributed by atoms with E-state index in [1.54, 1.807) is 0 Å². The Kier molecular flexibility index (Phi) is 5.25. The minimum atomic E-state index is 0.241. The molecule has 0 amide bonds. The molecular weight excluding hydrogens is 178 g/mol. The molecule has 0 saturated carbocycles. The second kappa shape index (κ2) is 6.56. The van der Waals surface area contributed by atoms with E-state index in [2.05, 4.69) is 17.2 Å². The Morgan fingerprint density at radius 1 is 1.57 bits per heavy atom. The number of imidazole rings is 1. The van der Waals surface area contributed by atoms with Crippen molar-refractivity contribution >= 4 is 0 Å². The van der Waals surface area contributed by atoms with E-state index in [0.717, 1.165) is 38.2 Å². The summed E-state index contributed by atoms with van der Waals surface area (Å²) in [5, 5.41) is 11.9. The molecule has 2 N–H and O–H groups in total. The van der Waals surface area contributed by atoms with Gasteiger partial charge in [0.25, 0.3) is 0 Å². The van der Waals surface area contributed by atoms with E-state index in [0.29, 0.717) is 0 Å². The molecule has 4 nitrogen and oxygen atoms in total. The van der Waals surface area contributed by atoms with Gasteiger partial charge in [-0.2, -0.15) is 0 Å². The summed E-state index contributed by atoms with van der Waals surface area (Å²) < 4.78 is 2.03. The summed E-state index contributed by atoms with van der Waals surface area (Å²) >= 11 is 0. The molecule has 0 radical (unpaired) electrons. The molecule has 1 aromatic heterocycles. The average molecular weight is 197 g/mol. The molecule has 0 aliphatic rings. The van der Waals surface area contributed by atoms with Crippen molar-refractivity contribution in [2.75, 3.05) is 19.7 Å². The van der Waals surface area contributed by atoms with E-state index in [1.165, 1.54) is 0 Å². The minimum absolute atomic E-state index is 0.241. The van der Waals surface area contributed by atoms with E-state index >= 15 is 0 Å². The normalized spacial score (nSPS) is 10.7. The maximum Gasteiger partial charge on any atom is 0.0949 e. The molecule has 0 aliphatic carbocycles. The van der Waals surface area contributed by atoms with Crippen molar-refractivity contribution < 1.29 is 5.11 Å². The summed E-state index contributed by atoms with van der Waals surface area (Å²) in [7, 11) is 0. The van der Waals surface area contributed by atoms with E-state index in [1.807, 2.05) is 17.1 Å². The van der Waals surface area contributed by atoms with Crippen molar-refractivity contribution in [3.63, 3.8) is 0 Å². The first-order chi connectivity index (χ1) is 6.86. The molecule has 80 valence electrons. The smallest absolute Gasteiger partial charge is 0.0949 e. The zero-order chi connectivity index (χ0) is 10.2. The zero-order valence-electron chi connectivity index (χ0n) is 8.74. The third kappa shape index (κ3) is 3.89. The van der Waals surface area contributed by atoms with Crippen molar-refractivity contribution in [1.29, 1.82) is 0 Å². The van der Waals surface area contributed by atoms with Crippen LogP contribution in [0.3, 0.4) is 0 Å². The molecule has 0 aliphatic heterocycles. The predicted octanol–water partition coefficient (Wildman–Crippen LogP) is 0.417. The number of likely N-dealkylation sites (N-methyl/N-ethyl adjacent to an activating group) is 1. The van der Waals surface area contributed by atoms with E-state index in [4.69, 9.17) is 5.11 Å². The second-order valence-electron chi connectivity index (χ2n) is 3.28. The number of aliphatic hydroxyl groups is 1. The number of nitrogens with zero attached hydrogens (tertiary/aromatic N) is 2. The van der Waals surface area contributed by atoms with E-state index in [9.17, 15) is 0 Å². The van der Waals surface area contributed by atoms with Gasteiger partial charge >= 0.3 is 0 Å². The van der Waals surface area contributed by atoms with Crippen LogP contribution in [0.25, 0.3) is 0 Å². The van der Waals surface area contributed by atoms with Crippen LogP contribution >= 0.6 is 0 Å². The highest BCUT2D eigenvalue weighted by atomic mass is 16.3. The van der Waals surface area contributed by atoms with E-state index < -0.39 is 0 Å². The summed E-state index contributed by atoms with van der Waals surface area (Å²) in [5.74, 6) is 0. The van der Waals surface area contributed by atoms with Crippen molar-refractivity contribution in [2.45, 2.75) is 26.3 Å². The Balaban J connectivity index is 2.27. The van der Waals surface area contributed by atoms with Crippen LogP contribution in [0.5, 0.6) is 0 Å². The third-order valence-corrected chi connectivity index (χ3v) is 2.07. The highest BCUT2D eigenvalue weighted by molar-refractivity contribution is 4.97. The molecule has 0 unspecified atom stereocenters. The number of rotatable bonds is 7. The summed E-state index contributed by atoms with van der Waals surface area (Å²) in [6, 6.07) is 0. The number of aromatic nitrogens is 2. The molecule has 0 fully saturated rings. The Bertz CT molecular complexity index is 247. The van der Waals surface area contributed by atoms with Crippen LogP contribution in [0, 0.1) is 0 Å². The number of nitrogens with one attached hydrogen (secondary N) is 1. The van der Waals surface area contributed by atoms with Crippen LogP contribution in [-0.2, 0) is 13.0 Å². The van der Waals surface area contributed by atoms with Crippen LogP contribution in [0.2, 0.25) is 0 Å². The van der Waals surface area contributed by atoms with Gasteiger partial charge in [-0.05, 0) is 13.0 Å². The molecule has 0 saturated heterocycles. The monoisotopic (exact) mass is 197 g/mol. The van der Waals surface area contributed by atoms with Gasteiger partial charge in [-0.15, -0.1) is 0 Å². The Hall–Kier alpha value is -0.870. The Morgan fingerprint density at radius 2 is 2.43 bits per heavy atom. The zero-order valence-corrected chi connectivity index (χ0v) is 8.74. The summed E-state index contributed by atoms with van der Waals surface area (Å²) in [6.45, 7) is 5.17. The third-order valence-electron chi connectivity index (χ3n) is 2.07. The molecule has 4 heteroatoms. The van der Waals surface area contributed by atoms with Crippen LogP contribution in [0.4, 0.5) is 0 Å². The van der Waals surface area contributed by atoms with Crippen molar-refractivity contribution in [3.05, 3.63) is 18.2 Å². The van der Waals surface area contributed by atoms with Crippen LogP contribution in [-0.4, -0.2) is 34.4 Å². The molecule has 1 heterocycles. The molecule has 1 aromatic rings. The maximum atomic E-state index is 8.66. The first-order valence-electron chi connectivity index (χ1n) is 5.19. The van der Waals surface area contributed by atoms with Gasteiger partial charge in [0.05, 0.1) is 12.0 Å². The summed E-state index contributed by atoms with van der Waals surface area (Å²) in [5.41, 5.74) is 1.11. The lowest BCUT2D eigenvalue weighted by atomic mass is 10.3. The predicted molar refractivity (Wildman–Crippen MR) is 56.2 cm³/mol. The molecule has 0 spiro atoms. The number of hydrogen-bond acceptors (Lipinski definition) is 3. The van der Waals surface area contributed by atoms with Gasteiger partial charge in [0.2, 0.25) is 0 Å². The molecule has 0 aromatic carbocycles. The van der Waals surface area contributed by atoms with Crippen LogP contribution in [0.1, 0.15) is 19.0 Å². The fourth-order valence-corrected chi connectivity index (χ4v) is 1.30. The number of aryl methyl sites for hydroxylation is 1. The van der Waals surface area contributed by atoms with Crippen molar-refractivity contribution in [3.8, 4) is 0 Å². The minimum Gasteiger partial charge on any atom is -0.396 e. The Labute approximate surface area is 85.0 Å².